The van der Waals surface area contributed by atoms with Crippen LogP contribution in [0.1, 0.15) is 5.76 Å². The zero-order chi connectivity index (χ0) is 18.2. The highest BCUT2D eigenvalue weighted by Gasteiger charge is 2.15. The summed E-state index contributed by atoms with van der Waals surface area (Å²) in [5.41, 5.74) is 3.91. The molecule has 0 saturated carbocycles. The first-order chi connectivity index (χ1) is 12.0. The second-order valence-corrected chi connectivity index (χ2v) is 5.64. The zero-order valence-corrected chi connectivity index (χ0v) is 13.5. The lowest BCUT2D eigenvalue weighted by Gasteiger charge is -2.07. The molecule has 132 valence electrons. The average molecular weight is 369 g/mol. The molecule has 2 rings (SSSR count). The fourth-order valence-corrected chi connectivity index (χ4v) is 2.37. The van der Waals surface area contributed by atoms with Gasteiger partial charge in [-0.2, -0.15) is 0 Å². The van der Waals surface area contributed by atoms with E-state index in [-0.39, 0.29) is 17.2 Å². The summed E-state index contributed by atoms with van der Waals surface area (Å²) >= 11 is 0.747. The lowest BCUT2D eigenvalue weighted by Crippen LogP contribution is -2.48. The Bertz CT molecular complexity index is 768. The van der Waals surface area contributed by atoms with Gasteiger partial charge in [0.2, 0.25) is 5.91 Å². The van der Waals surface area contributed by atoms with E-state index in [0.717, 1.165) is 30.0 Å². The maximum atomic E-state index is 13.4. The Morgan fingerprint density at radius 1 is 1.08 bits per heavy atom. The molecule has 1 aromatic heterocycles. The molecule has 3 N–H and O–H groups in total. The van der Waals surface area contributed by atoms with Crippen LogP contribution in [-0.2, 0) is 20.9 Å². The van der Waals surface area contributed by atoms with Gasteiger partial charge in [0.05, 0.1) is 18.6 Å². The Labute approximate surface area is 145 Å². The molecule has 3 amide bonds. The van der Waals surface area contributed by atoms with E-state index >= 15 is 0 Å². The average Bonchev–Trinajstić information content (AvgIpc) is 3.11. The van der Waals surface area contributed by atoms with E-state index in [1.54, 1.807) is 12.1 Å². The van der Waals surface area contributed by atoms with Crippen LogP contribution in [0.25, 0.3) is 0 Å². The Hall–Kier alpha value is -2.88. The monoisotopic (exact) mass is 369 g/mol. The van der Waals surface area contributed by atoms with Crippen LogP contribution in [0.2, 0.25) is 0 Å². The minimum atomic E-state index is -1.08. The van der Waals surface area contributed by atoms with Crippen molar-refractivity contribution in [3.05, 3.63) is 54.0 Å². The van der Waals surface area contributed by atoms with Crippen LogP contribution in [0.4, 0.5) is 8.78 Å². The lowest BCUT2D eigenvalue weighted by molar-refractivity contribution is -0.140. The first-order valence-corrected chi connectivity index (χ1v) is 7.91. The zero-order valence-electron chi connectivity index (χ0n) is 12.7. The number of carbonyl (C=O) groups excluding carboxylic acids is 3. The van der Waals surface area contributed by atoms with E-state index in [9.17, 15) is 23.2 Å². The highest BCUT2D eigenvalue weighted by atomic mass is 32.2. The summed E-state index contributed by atoms with van der Waals surface area (Å²) in [5, 5.41) is 2.29. The maximum Gasteiger partial charge on any atom is 0.327 e. The van der Waals surface area contributed by atoms with E-state index in [1.165, 1.54) is 6.26 Å². The summed E-state index contributed by atoms with van der Waals surface area (Å²) < 4.78 is 31.4. The van der Waals surface area contributed by atoms with Crippen molar-refractivity contribution in [2.45, 2.75) is 11.4 Å². The fraction of sp³-hybridized carbons (Fsp3) is 0.133. The van der Waals surface area contributed by atoms with Gasteiger partial charge in [-0.15, -0.1) is 11.8 Å². The number of furan rings is 1. The molecule has 1 heterocycles. The van der Waals surface area contributed by atoms with Gasteiger partial charge in [-0.25, -0.2) is 8.78 Å². The molecule has 0 aliphatic carbocycles. The number of benzene rings is 1. The van der Waals surface area contributed by atoms with Crippen LogP contribution in [0.5, 0.6) is 0 Å². The molecule has 0 saturated heterocycles. The van der Waals surface area contributed by atoms with Gasteiger partial charge in [-0.05, 0) is 30.3 Å². The maximum absolute atomic E-state index is 13.4. The summed E-state index contributed by atoms with van der Waals surface area (Å²) in [6.07, 6.45) is 1.42. The topological polar surface area (TPSA) is 100 Å². The molecule has 7 nitrogen and oxygen atoms in total. The third-order valence-corrected chi connectivity index (χ3v) is 3.81. The molecule has 0 unspecified atom stereocenters. The number of halogens is 2. The SMILES string of the molecule is O=C(CSc1cc(F)ccc1F)NNC(=O)C(=O)NCc1ccco1. The lowest BCUT2D eigenvalue weighted by atomic mass is 10.3. The van der Waals surface area contributed by atoms with Crippen molar-refractivity contribution in [1.82, 2.24) is 16.2 Å². The normalized spacial score (nSPS) is 10.2. The van der Waals surface area contributed by atoms with Gasteiger partial charge in [0.25, 0.3) is 0 Å². The Morgan fingerprint density at radius 3 is 2.60 bits per heavy atom. The number of hydrogen-bond donors (Lipinski definition) is 3. The van der Waals surface area contributed by atoms with Crippen LogP contribution in [-0.4, -0.2) is 23.5 Å². The molecule has 2 aromatic rings. The summed E-state index contributed by atoms with van der Waals surface area (Å²) in [5.74, 6) is -3.87. The first-order valence-electron chi connectivity index (χ1n) is 6.93. The Balaban J connectivity index is 1.70. The van der Waals surface area contributed by atoms with Gasteiger partial charge in [0, 0.05) is 4.90 Å². The van der Waals surface area contributed by atoms with E-state index in [2.05, 4.69) is 5.32 Å². The number of thioether (sulfide) groups is 1. The van der Waals surface area contributed by atoms with Crippen LogP contribution in [0.15, 0.2) is 45.9 Å². The van der Waals surface area contributed by atoms with Gasteiger partial charge in [-0.3, -0.25) is 25.2 Å². The van der Waals surface area contributed by atoms with Crippen molar-refractivity contribution in [2.24, 2.45) is 0 Å². The quantitative estimate of drug-likeness (QED) is 0.417. The molecule has 0 bridgehead atoms. The van der Waals surface area contributed by atoms with E-state index in [0.29, 0.717) is 5.76 Å². The van der Waals surface area contributed by atoms with Crippen molar-refractivity contribution in [2.75, 3.05) is 5.75 Å². The van der Waals surface area contributed by atoms with Crippen molar-refractivity contribution in [3.8, 4) is 0 Å². The van der Waals surface area contributed by atoms with Gasteiger partial charge < -0.3 is 9.73 Å². The standard InChI is InChI=1S/C15H13F2N3O4S/c16-9-3-4-11(17)12(6-9)25-8-13(21)19-20-15(23)14(22)18-7-10-2-1-5-24-10/h1-6H,7-8H2,(H,18,22)(H,19,21)(H,20,23). The number of nitrogens with one attached hydrogen (secondary N) is 3. The highest BCUT2D eigenvalue weighted by molar-refractivity contribution is 8.00. The number of carbonyl (C=O) groups is 3. The summed E-state index contributed by atoms with van der Waals surface area (Å²) in [6.45, 7) is 0.0158. The van der Waals surface area contributed by atoms with Crippen molar-refractivity contribution < 1.29 is 27.6 Å². The van der Waals surface area contributed by atoms with Crippen LogP contribution in [0.3, 0.4) is 0 Å². The van der Waals surface area contributed by atoms with Crippen molar-refractivity contribution in [3.63, 3.8) is 0 Å². The molecule has 0 aliphatic heterocycles. The molecule has 25 heavy (non-hydrogen) atoms. The third kappa shape index (κ3) is 5.92. The molecular weight excluding hydrogens is 356 g/mol. The summed E-state index contributed by atoms with van der Waals surface area (Å²) in [4.78, 5) is 34.5. The Morgan fingerprint density at radius 2 is 1.88 bits per heavy atom. The van der Waals surface area contributed by atoms with Crippen molar-refractivity contribution in [1.29, 1.82) is 0 Å². The predicted molar refractivity (Wildman–Crippen MR) is 83.9 cm³/mol. The number of hydrogen-bond acceptors (Lipinski definition) is 5. The smallest absolute Gasteiger partial charge is 0.327 e. The van der Waals surface area contributed by atoms with Gasteiger partial charge >= 0.3 is 11.8 Å². The van der Waals surface area contributed by atoms with Gasteiger partial charge in [0.15, 0.2) is 0 Å². The molecule has 10 heteroatoms. The van der Waals surface area contributed by atoms with Crippen LogP contribution in [0, 0.1) is 11.6 Å². The predicted octanol–water partition coefficient (Wildman–Crippen LogP) is 1.11. The molecule has 0 radical (unpaired) electrons. The van der Waals surface area contributed by atoms with Crippen LogP contribution < -0.4 is 16.2 Å². The molecule has 0 atom stereocenters. The Kier molecular flexibility index (Phi) is 6.52. The summed E-state index contributed by atoms with van der Waals surface area (Å²) in [7, 11) is 0. The largest absolute Gasteiger partial charge is 0.467 e. The van der Waals surface area contributed by atoms with E-state index in [4.69, 9.17) is 4.42 Å². The van der Waals surface area contributed by atoms with Gasteiger partial charge in [-0.1, -0.05) is 0 Å². The fourth-order valence-electron chi connectivity index (χ4n) is 1.61. The number of rotatable bonds is 5. The molecule has 0 spiro atoms. The number of amides is 3. The van der Waals surface area contributed by atoms with Crippen LogP contribution >= 0.6 is 11.8 Å². The van der Waals surface area contributed by atoms with Crippen molar-refractivity contribution >= 4 is 29.5 Å². The molecule has 1 aromatic carbocycles. The van der Waals surface area contributed by atoms with Gasteiger partial charge in [0.1, 0.15) is 17.4 Å². The molecule has 0 fully saturated rings. The van der Waals surface area contributed by atoms with E-state index < -0.39 is 29.4 Å². The molecular formula is C15H13F2N3O4S. The highest BCUT2D eigenvalue weighted by Crippen LogP contribution is 2.22. The second-order valence-electron chi connectivity index (χ2n) is 4.63. The minimum Gasteiger partial charge on any atom is -0.467 e. The first kappa shape index (κ1) is 18.5. The number of hydrazine groups is 1. The molecule has 0 aliphatic rings. The van der Waals surface area contributed by atoms with E-state index in [1.807, 2.05) is 10.9 Å². The summed E-state index contributed by atoms with van der Waals surface area (Å²) in [6, 6.07) is 6.10. The minimum absolute atomic E-state index is 0.0158. The third-order valence-electron chi connectivity index (χ3n) is 2.78. The second kappa shape index (κ2) is 8.83.